The van der Waals surface area contributed by atoms with Crippen molar-refractivity contribution in [3.8, 4) is 6.07 Å². The highest BCUT2D eigenvalue weighted by Gasteiger charge is 2.56. The van der Waals surface area contributed by atoms with E-state index in [2.05, 4.69) is 21.9 Å². The van der Waals surface area contributed by atoms with Crippen molar-refractivity contribution in [2.45, 2.75) is 31.8 Å². The van der Waals surface area contributed by atoms with Gasteiger partial charge < -0.3 is 4.90 Å². The topological polar surface area (TPSA) is 73.1 Å². The first kappa shape index (κ1) is 17.1. The van der Waals surface area contributed by atoms with Gasteiger partial charge in [0.05, 0.1) is 12.1 Å². The summed E-state index contributed by atoms with van der Waals surface area (Å²) in [6.07, 6.45) is 6.62. The van der Waals surface area contributed by atoms with Gasteiger partial charge in [-0.3, -0.25) is 9.69 Å². The second-order valence-electron chi connectivity index (χ2n) is 7.26. The first-order valence-electron chi connectivity index (χ1n) is 8.85. The Hall–Kier alpha value is -2.30. The van der Waals surface area contributed by atoms with E-state index in [1.165, 1.54) is 12.6 Å². The Balaban J connectivity index is 1.33. The van der Waals surface area contributed by atoms with E-state index in [-0.39, 0.29) is 5.91 Å². The van der Waals surface area contributed by atoms with Crippen LogP contribution in [0.5, 0.6) is 0 Å². The third-order valence-electron chi connectivity index (χ3n) is 5.70. The molecule has 7 heteroatoms. The van der Waals surface area contributed by atoms with Gasteiger partial charge in [0, 0.05) is 36.9 Å². The van der Waals surface area contributed by atoms with Crippen LogP contribution in [-0.4, -0.2) is 51.9 Å². The lowest BCUT2D eigenvalue weighted by molar-refractivity contribution is 0.0652. The smallest absolute Gasteiger partial charge is 0.272 e. The zero-order valence-electron chi connectivity index (χ0n) is 14.8. The van der Waals surface area contributed by atoms with Gasteiger partial charge in [-0.05, 0) is 43.9 Å². The van der Waals surface area contributed by atoms with Crippen LogP contribution in [0.15, 0.2) is 29.9 Å². The molecule has 4 rings (SSSR count). The Morgan fingerprint density at radius 3 is 2.85 bits per heavy atom. The first-order valence-corrected chi connectivity index (χ1v) is 9.73. The molecule has 0 bridgehead atoms. The maximum atomic E-state index is 12.6. The minimum absolute atomic E-state index is 0.0299. The van der Waals surface area contributed by atoms with E-state index < -0.39 is 0 Å². The van der Waals surface area contributed by atoms with Gasteiger partial charge in [-0.25, -0.2) is 9.97 Å². The van der Waals surface area contributed by atoms with Crippen molar-refractivity contribution in [1.29, 1.82) is 5.26 Å². The molecule has 6 nitrogen and oxygen atoms in total. The molecule has 2 fully saturated rings. The highest BCUT2D eigenvalue weighted by Crippen LogP contribution is 2.56. The van der Waals surface area contributed by atoms with Gasteiger partial charge >= 0.3 is 0 Å². The number of amides is 1. The molecule has 1 saturated carbocycles. The zero-order chi connectivity index (χ0) is 18.1. The van der Waals surface area contributed by atoms with E-state index in [1.807, 2.05) is 22.5 Å². The van der Waals surface area contributed by atoms with Crippen molar-refractivity contribution in [3.63, 3.8) is 0 Å². The van der Waals surface area contributed by atoms with Crippen LogP contribution < -0.4 is 0 Å². The summed E-state index contributed by atoms with van der Waals surface area (Å²) in [4.78, 5) is 25.4. The second-order valence-corrected chi connectivity index (χ2v) is 8.24. The summed E-state index contributed by atoms with van der Waals surface area (Å²) in [7, 11) is 2.18. The Labute approximate surface area is 157 Å². The average Bonchev–Trinajstić information content (AvgIpc) is 3.12. The third kappa shape index (κ3) is 3.22. The van der Waals surface area contributed by atoms with Crippen LogP contribution in [0.25, 0.3) is 0 Å². The Bertz CT molecular complexity index is 819. The normalized spacial score (nSPS) is 21.0. The third-order valence-corrected chi connectivity index (χ3v) is 6.47. The summed E-state index contributed by atoms with van der Waals surface area (Å²) < 4.78 is 0. The maximum absolute atomic E-state index is 12.6. The van der Waals surface area contributed by atoms with Crippen LogP contribution in [0.1, 0.15) is 40.3 Å². The highest BCUT2D eigenvalue weighted by atomic mass is 32.1. The molecule has 2 aliphatic rings. The van der Waals surface area contributed by atoms with E-state index in [0.717, 1.165) is 37.5 Å². The van der Waals surface area contributed by atoms with Crippen LogP contribution in [0, 0.1) is 16.7 Å². The molecule has 1 spiro atoms. The van der Waals surface area contributed by atoms with Gasteiger partial charge in [0.1, 0.15) is 16.8 Å². The highest BCUT2D eigenvalue weighted by molar-refractivity contribution is 7.09. The number of pyridine rings is 1. The van der Waals surface area contributed by atoms with Gasteiger partial charge in [-0.1, -0.05) is 0 Å². The molecule has 3 heterocycles. The SMILES string of the molecule is CN(Cc1nccs1)C1CC12CCN(C(=O)c1ccc(C#N)cn1)CC2. The van der Waals surface area contributed by atoms with Crippen molar-refractivity contribution in [3.05, 3.63) is 46.2 Å². The van der Waals surface area contributed by atoms with Crippen LogP contribution in [-0.2, 0) is 6.54 Å². The minimum Gasteiger partial charge on any atom is -0.337 e. The molecule has 1 saturated heterocycles. The molecular weight excluding hydrogens is 346 g/mol. The van der Waals surface area contributed by atoms with Crippen molar-refractivity contribution < 1.29 is 4.79 Å². The summed E-state index contributed by atoms with van der Waals surface area (Å²) in [5.74, 6) is -0.0299. The molecular formula is C19H21N5OS. The molecule has 0 aromatic carbocycles. The molecule has 134 valence electrons. The number of thiazole rings is 1. The van der Waals surface area contributed by atoms with Gasteiger partial charge in [0.15, 0.2) is 0 Å². The van der Waals surface area contributed by atoms with E-state index in [9.17, 15) is 4.79 Å². The lowest BCUT2D eigenvalue weighted by atomic mass is 9.92. The quantitative estimate of drug-likeness (QED) is 0.830. The standard InChI is InChI=1S/C19H21N5OS/c1-23(13-17-21-6-9-26-17)16-10-19(16)4-7-24(8-5-19)18(25)15-3-2-14(11-20)12-22-15/h2-3,6,9,12,16H,4-5,7-8,10,13H2,1H3. The van der Waals surface area contributed by atoms with Gasteiger partial charge in [0.2, 0.25) is 0 Å². The summed E-state index contributed by atoms with van der Waals surface area (Å²) in [5, 5.41) is 12.0. The Morgan fingerprint density at radius 2 is 2.23 bits per heavy atom. The van der Waals surface area contributed by atoms with Gasteiger partial charge in [-0.2, -0.15) is 5.26 Å². The number of carbonyl (C=O) groups is 1. The van der Waals surface area contributed by atoms with E-state index in [1.54, 1.807) is 23.5 Å². The fraction of sp³-hybridized carbons (Fsp3) is 0.474. The molecule has 26 heavy (non-hydrogen) atoms. The largest absolute Gasteiger partial charge is 0.337 e. The van der Waals surface area contributed by atoms with E-state index in [0.29, 0.717) is 22.7 Å². The molecule has 2 aromatic rings. The molecule has 0 radical (unpaired) electrons. The van der Waals surface area contributed by atoms with Gasteiger partial charge in [0.25, 0.3) is 5.91 Å². The van der Waals surface area contributed by atoms with Gasteiger partial charge in [-0.15, -0.1) is 11.3 Å². The predicted molar refractivity (Wildman–Crippen MR) is 98.5 cm³/mol. The Kier molecular flexibility index (Phi) is 4.47. The average molecular weight is 367 g/mol. The number of carbonyl (C=O) groups excluding carboxylic acids is 1. The number of rotatable bonds is 4. The van der Waals surface area contributed by atoms with Crippen molar-refractivity contribution >= 4 is 17.2 Å². The fourth-order valence-corrected chi connectivity index (χ4v) is 4.72. The van der Waals surface area contributed by atoms with Crippen molar-refractivity contribution in [2.75, 3.05) is 20.1 Å². The van der Waals surface area contributed by atoms with Crippen molar-refractivity contribution in [1.82, 2.24) is 19.8 Å². The number of nitrogens with zero attached hydrogens (tertiary/aromatic N) is 5. The molecule has 1 atom stereocenters. The predicted octanol–water partition coefficient (Wildman–Crippen LogP) is 2.54. The summed E-state index contributed by atoms with van der Waals surface area (Å²) in [6.45, 7) is 2.46. The molecule has 0 N–H and O–H groups in total. The van der Waals surface area contributed by atoms with Crippen LogP contribution in [0.2, 0.25) is 0 Å². The van der Waals surface area contributed by atoms with Crippen molar-refractivity contribution in [2.24, 2.45) is 5.41 Å². The van der Waals surface area contributed by atoms with E-state index in [4.69, 9.17) is 5.26 Å². The number of likely N-dealkylation sites (tertiary alicyclic amines) is 1. The lowest BCUT2D eigenvalue weighted by Gasteiger charge is -2.34. The van der Waals surface area contributed by atoms with Crippen LogP contribution >= 0.6 is 11.3 Å². The number of nitriles is 1. The lowest BCUT2D eigenvalue weighted by Crippen LogP contribution is -2.41. The molecule has 1 unspecified atom stereocenters. The Morgan fingerprint density at radius 1 is 1.42 bits per heavy atom. The first-order chi connectivity index (χ1) is 12.6. The van der Waals surface area contributed by atoms with Crippen LogP contribution in [0.4, 0.5) is 0 Å². The summed E-state index contributed by atoms with van der Waals surface area (Å²) >= 11 is 1.70. The number of aromatic nitrogens is 2. The fourth-order valence-electron chi connectivity index (χ4n) is 4.05. The zero-order valence-corrected chi connectivity index (χ0v) is 15.6. The monoisotopic (exact) mass is 367 g/mol. The molecule has 1 amide bonds. The number of piperidine rings is 1. The minimum atomic E-state index is -0.0299. The molecule has 1 aliphatic carbocycles. The number of hydrogen-bond donors (Lipinski definition) is 0. The second kappa shape index (κ2) is 6.78. The summed E-state index contributed by atoms with van der Waals surface area (Å²) in [5.41, 5.74) is 1.26. The summed E-state index contributed by atoms with van der Waals surface area (Å²) in [6, 6.07) is 5.92. The molecule has 2 aromatic heterocycles. The molecule has 1 aliphatic heterocycles. The maximum Gasteiger partial charge on any atom is 0.272 e. The van der Waals surface area contributed by atoms with E-state index >= 15 is 0 Å². The van der Waals surface area contributed by atoms with Crippen LogP contribution in [0.3, 0.4) is 0 Å². The number of hydrogen-bond acceptors (Lipinski definition) is 6.